The van der Waals surface area contributed by atoms with Gasteiger partial charge in [-0.3, -0.25) is 9.78 Å². The van der Waals surface area contributed by atoms with Gasteiger partial charge in [-0.15, -0.1) is 0 Å². The number of rotatable bonds is 6. The maximum Gasteiger partial charge on any atom is 0.272 e. The molecule has 0 spiro atoms. The molecule has 1 N–H and O–H groups in total. The Morgan fingerprint density at radius 2 is 2.24 bits per heavy atom. The first-order valence-electron chi connectivity index (χ1n) is 7.69. The highest BCUT2D eigenvalue weighted by Crippen LogP contribution is 2.18. The van der Waals surface area contributed by atoms with Crippen molar-refractivity contribution >= 4 is 11.6 Å². The predicted molar refractivity (Wildman–Crippen MR) is 83.5 cm³/mol. The number of aromatic nitrogens is 1. The minimum absolute atomic E-state index is 0.0439. The Balaban J connectivity index is 1.91. The molecule has 5 heteroatoms. The number of carbonyl (C=O) groups is 1. The first-order chi connectivity index (χ1) is 10.2. The van der Waals surface area contributed by atoms with Crippen molar-refractivity contribution < 1.29 is 9.53 Å². The van der Waals surface area contributed by atoms with E-state index in [9.17, 15) is 4.79 Å². The summed E-state index contributed by atoms with van der Waals surface area (Å²) in [6.07, 6.45) is 4.80. The average Bonchev–Trinajstić information content (AvgIpc) is 2.52. The smallest absolute Gasteiger partial charge is 0.272 e. The quantitative estimate of drug-likeness (QED) is 0.818. The lowest BCUT2D eigenvalue weighted by Crippen LogP contribution is -2.38. The van der Waals surface area contributed by atoms with Crippen LogP contribution in [0.15, 0.2) is 18.3 Å². The summed E-state index contributed by atoms with van der Waals surface area (Å²) in [5.41, 5.74) is 1.47. The Morgan fingerprint density at radius 1 is 1.48 bits per heavy atom. The maximum absolute atomic E-state index is 12.5. The zero-order valence-corrected chi connectivity index (χ0v) is 13.0. The summed E-state index contributed by atoms with van der Waals surface area (Å²) in [4.78, 5) is 18.6. The molecular formula is C16H25N3O2. The van der Waals surface area contributed by atoms with Crippen molar-refractivity contribution in [2.75, 3.05) is 38.7 Å². The second-order valence-corrected chi connectivity index (χ2v) is 5.68. The van der Waals surface area contributed by atoms with Gasteiger partial charge in [-0.1, -0.05) is 6.92 Å². The number of piperidine rings is 1. The van der Waals surface area contributed by atoms with Gasteiger partial charge in [0.05, 0.1) is 0 Å². The lowest BCUT2D eigenvalue weighted by atomic mass is 9.99. The summed E-state index contributed by atoms with van der Waals surface area (Å²) < 4.78 is 5.02. The van der Waals surface area contributed by atoms with Gasteiger partial charge in [0.15, 0.2) is 0 Å². The zero-order chi connectivity index (χ0) is 15.1. The fraction of sp³-hybridized carbons (Fsp3) is 0.625. The van der Waals surface area contributed by atoms with E-state index >= 15 is 0 Å². The summed E-state index contributed by atoms with van der Waals surface area (Å²) in [6, 6.07) is 3.73. The van der Waals surface area contributed by atoms with E-state index in [4.69, 9.17) is 4.74 Å². The maximum atomic E-state index is 12.5. The van der Waals surface area contributed by atoms with Crippen LogP contribution in [0.5, 0.6) is 0 Å². The fourth-order valence-corrected chi connectivity index (χ4v) is 2.48. The third-order valence-electron chi connectivity index (χ3n) is 3.90. The minimum atomic E-state index is 0.0439. The molecule has 5 nitrogen and oxygen atoms in total. The Morgan fingerprint density at radius 3 is 2.95 bits per heavy atom. The van der Waals surface area contributed by atoms with E-state index in [0.717, 1.165) is 57.1 Å². The number of hydrogen-bond donors (Lipinski definition) is 1. The number of pyridine rings is 1. The molecular weight excluding hydrogens is 266 g/mol. The summed E-state index contributed by atoms with van der Waals surface area (Å²) >= 11 is 0. The molecule has 0 atom stereocenters. The van der Waals surface area contributed by atoms with E-state index in [2.05, 4.69) is 17.2 Å². The molecule has 1 amide bonds. The highest BCUT2D eigenvalue weighted by atomic mass is 16.5. The molecule has 0 aliphatic carbocycles. The number of anilines is 1. The third-order valence-corrected chi connectivity index (χ3v) is 3.90. The first kappa shape index (κ1) is 15.8. The minimum Gasteiger partial charge on any atom is -0.385 e. The van der Waals surface area contributed by atoms with Gasteiger partial charge in [-0.2, -0.15) is 0 Å². The standard InChI is InChI=1S/C16H25N3O2/c1-13-5-9-19(10-6-13)16(20)15-12-14(4-8-18-15)17-7-3-11-21-2/h4,8,12-13H,3,5-7,9-11H2,1-2H3,(H,17,18). The van der Waals surface area contributed by atoms with Crippen LogP contribution in [0.2, 0.25) is 0 Å². The number of methoxy groups -OCH3 is 1. The second-order valence-electron chi connectivity index (χ2n) is 5.68. The van der Waals surface area contributed by atoms with E-state index in [0.29, 0.717) is 5.69 Å². The molecule has 0 bridgehead atoms. The van der Waals surface area contributed by atoms with E-state index < -0.39 is 0 Å². The van der Waals surface area contributed by atoms with E-state index in [1.54, 1.807) is 13.3 Å². The molecule has 2 rings (SSSR count). The molecule has 1 aromatic rings. The number of hydrogen-bond acceptors (Lipinski definition) is 4. The van der Waals surface area contributed by atoms with Crippen molar-refractivity contribution in [1.29, 1.82) is 0 Å². The highest BCUT2D eigenvalue weighted by Gasteiger charge is 2.22. The topological polar surface area (TPSA) is 54.5 Å². The lowest BCUT2D eigenvalue weighted by molar-refractivity contribution is 0.0691. The van der Waals surface area contributed by atoms with Gasteiger partial charge in [0.1, 0.15) is 5.69 Å². The molecule has 0 saturated carbocycles. The van der Waals surface area contributed by atoms with Crippen LogP contribution in [-0.2, 0) is 4.74 Å². The molecule has 2 heterocycles. The molecule has 1 saturated heterocycles. The molecule has 1 aromatic heterocycles. The van der Waals surface area contributed by atoms with Gasteiger partial charge in [0.25, 0.3) is 5.91 Å². The van der Waals surface area contributed by atoms with Crippen LogP contribution in [0, 0.1) is 5.92 Å². The Hall–Kier alpha value is -1.62. The van der Waals surface area contributed by atoms with Gasteiger partial charge >= 0.3 is 0 Å². The van der Waals surface area contributed by atoms with Crippen molar-refractivity contribution in [1.82, 2.24) is 9.88 Å². The van der Waals surface area contributed by atoms with Gasteiger partial charge < -0.3 is 15.0 Å². The van der Waals surface area contributed by atoms with Crippen LogP contribution in [0.3, 0.4) is 0 Å². The first-order valence-corrected chi connectivity index (χ1v) is 7.69. The largest absolute Gasteiger partial charge is 0.385 e. The van der Waals surface area contributed by atoms with Crippen LogP contribution in [0.4, 0.5) is 5.69 Å². The summed E-state index contributed by atoms with van der Waals surface area (Å²) in [6.45, 7) is 5.48. The summed E-state index contributed by atoms with van der Waals surface area (Å²) in [5, 5.41) is 3.29. The van der Waals surface area contributed by atoms with Crippen LogP contribution in [0.1, 0.15) is 36.7 Å². The number of carbonyl (C=O) groups excluding carboxylic acids is 1. The molecule has 0 aromatic carbocycles. The number of nitrogens with one attached hydrogen (secondary N) is 1. The summed E-state index contributed by atoms with van der Waals surface area (Å²) in [5.74, 6) is 0.762. The van der Waals surface area contributed by atoms with Crippen LogP contribution >= 0.6 is 0 Å². The molecule has 1 aliphatic heterocycles. The molecule has 21 heavy (non-hydrogen) atoms. The van der Waals surface area contributed by atoms with Gasteiger partial charge in [0.2, 0.25) is 0 Å². The molecule has 0 unspecified atom stereocenters. The Labute approximate surface area is 126 Å². The number of nitrogens with zero attached hydrogens (tertiary/aromatic N) is 2. The Kier molecular flexibility index (Phi) is 5.99. The van der Waals surface area contributed by atoms with Crippen LogP contribution in [-0.4, -0.2) is 49.1 Å². The lowest BCUT2D eigenvalue weighted by Gasteiger charge is -2.30. The molecule has 1 fully saturated rings. The van der Waals surface area contributed by atoms with Crippen molar-refractivity contribution in [3.8, 4) is 0 Å². The van der Waals surface area contributed by atoms with E-state index in [-0.39, 0.29) is 5.91 Å². The highest BCUT2D eigenvalue weighted by molar-refractivity contribution is 5.93. The SMILES string of the molecule is COCCCNc1ccnc(C(=O)N2CCC(C)CC2)c1. The summed E-state index contributed by atoms with van der Waals surface area (Å²) in [7, 11) is 1.70. The second kappa shape index (κ2) is 7.98. The van der Waals surface area contributed by atoms with E-state index in [1.165, 1.54) is 0 Å². The van der Waals surface area contributed by atoms with Gasteiger partial charge in [0, 0.05) is 45.2 Å². The predicted octanol–water partition coefficient (Wildman–Crippen LogP) is 2.40. The van der Waals surface area contributed by atoms with Gasteiger partial charge in [-0.05, 0) is 37.3 Å². The number of likely N-dealkylation sites (tertiary alicyclic amines) is 1. The average molecular weight is 291 g/mol. The monoisotopic (exact) mass is 291 g/mol. The van der Waals surface area contributed by atoms with Crippen molar-refractivity contribution in [3.63, 3.8) is 0 Å². The van der Waals surface area contributed by atoms with Crippen LogP contribution in [0.25, 0.3) is 0 Å². The van der Waals surface area contributed by atoms with Crippen molar-refractivity contribution in [3.05, 3.63) is 24.0 Å². The van der Waals surface area contributed by atoms with E-state index in [1.807, 2.05) is 17.0 Å². The molecule has 0 radical (unpaired) electrons. The Bertz CT molecular complexity index is 457. The van der Waals surface area contributed by atoms with Gasteiger partial charge in [-0.25, -0.2) is 0 Å². The normalized spacial score (nSPS) is 16.0. The zero-order valence-electron chi connectivity index (χ0n) is 13.0. The van der Waals surface area contributed by atoms with Crippen LogP contribution < -0.4 is 5.32 Å². The van der Waals surface area contributed by atoms with Crippen molar-refractivity contribution in [2.24, 2.45) is 5.92 Å². The number of amides is 1. The van der Waals surface area contributed by atoms with Crippen molar-refractivity contribution in [2.45, 2.75) is 26.2 Å². The molecule has 1 aliphatic rings. The number of ether oxygens (including phenoxy) is 1. The third kappa shape index (κ3) is 4.70. The molecule has 116 valence electrons. The fourth-order valence-electron chi connectivity index (χ4n) is 2.48.